The number of halogens is 8. The van der Waals surface area contributed by atoms with Crippen LogP contribution in [0, 0.1) is 23.4 Å². The number of hydrogen-bond acceptors (Lipinski definition) is 4. The van der Waals surface area contributed by atoms with E-state index in [1.807, 2.05) is 0 Å². The lowest BCUT2D eigenvalue weighted by molar-refractivity contribution is -0.146. The number of rotatable bonds is 8. The summed E-state index contributed by atoms with van der Waals surface area (Å²) in [6, 6.07) is 7.86. The third-order valence-corrected chi connectivity index (χ3v) is 7.90. The molecule has 2 aromatic heterocycles. The van der Waals surface area contributed by atoms with Gasteiger partial charge in [-0.1, -0.05) is 12.1 Å². The monoisotopic (exact) mass is 635 g/mol. The van der Waals surface area contributed by atoms with Gasteiger partial charge in [-0.2, -0.15) is 18.3 Å². The molecule has 2 aliphatic rings. The Bertz CT molecular complexity index is 1830. The molecule has 1 saturated carbocycles. The van der Waals surface area contributed by atoms with Crippen molar-refractivity contribution < 1.29 is 44.7 Å². The van der Waals surface area contributed by atoms with Crippen LogP contribution in [0.3, 0.4) is 0 Å². The molecule has 0 saturated heterocycles. The number of nitrogens with zero attached hydrogens (tertiary/aromatic N) is 3. The van der Waals surface area contributed by atoms with Gasteiger partial charge >= 0.3 is 6.18 Å². The summed E-state index contributed by atoms with van der Waals surface area (Å²) >= 11 is 0. The SMILES string of the molecule is NC(=O)c1cc(-c2cccnc2C(Cc2cc(F)cc(F)c2)NC(=O)Cn2nc(C(F)(F)F)c3c2C2CC2C3(F)F)ccc1F. The predicted octanol–water partition coefficient (Wildman–Crippen LogP) is 5.79. The van der Waals surface area contributed by atoms with Gasteiger partial charge < -0.3 is 11.1 Å². The van der Waals surface area contributed by atoms with E-state index < -0.39 is 82.6 Å². The first-order chi connectivity index (χ1) is 21.1. The van der Waals surface area contributed by atoms with Crippen LogP contribution in [0.5, 0.6) is 0 Å². The summed E-state index contributed by atoms with van der Waals surface area (Å²) in [5.41, 5.74) is 2.10. The molecule has 3 atom stereocenters. The second kappa shape index (κ2) is 10.7. The molecular formula is C30H21F8N5O2. The molecule has 1 fully saturated rings. The number of carbonyl (C=O) groups is 2. The number of pyridine rings is 1. The number of nitrogens with one attached hydrogen (secondary N) is 1. The Hall–Kier alpha value is -4.82. The summed E-state index contributed by atoms with van der Waals surface area (Å²) in [5.74, 6) is -10.7. The minimum atomic E-state index is -5.20. The number of fused-ring (bicyclic) bond motifs is 3. The standard InChI is InChI=1S/C30H21F8N5O2/c31-15-6-13(7-16(32)10-15)8-22(25-17(2-1-5-40-25)14-3-4-21(33)19(9-14)28(39)45)41-23(44)12-43-26-18-11-20(18)29(34,35)24(26)27(42-43)30(36,37)38/h1-7,9-10,18,20,22H,8,11-12H2,(H2,39,45)(H,41,44). The average molecular weight is 636 g/mol. The highest BCUT2D eigenvalue weighted by Crippen LogP contribution is 2.68. The van der Waals surface area contributed by atoms with Crippen molar-refractivity contribution in [3.8, 4) is 11.1 Å². The minimum Gasteiger partial charge on any atom is -0.366 e. The molecule has 234 valence electrons. The predicted molar refractivity (Wildman–Crippen MR) is 141 cm³/mol. The van der Waals surface area contributed by atoms with Crippen LogP contribution < -0.4 is 11.1 Å². The Morgan fingerprint density at radius 1 is 1.07 bits per heavy atom. The van der Waals surface area contributed by atoms with E-state index >= 15 is 0 Å². The largest absolute Gasteiger partial charge is 0.435 e. The Morgan fingerprint density at radius 3 is 2.44 bits per heavy atom. The van der Waals surface area contributed by atoms with Gasteiger partial charge in [0.15, 0.2) is 5.69 Å². The summed E-state index contributed by atoms with van der Waals surface area (Å²) in [7, 11) is 0. The van der Waals surface area contributed by atoms with Gasteiger partial charge in [-0.15, -0.1) is 0 Å². The van der Waals surface area contributed by atoms with Gasteiger partial charge in [0.25, 0.3) is 11.8 Å². The summed E-state index contributed by atoms with van der Waals surface area (Å²) in [4.78, 5) is 29.4. The molecule has 2 amide bonds. The zero-order valence-electron chi connectivity index (χ0n) is 22.8. The molecule has 4 aromatic rings. The molecule has 0 aliphatic heterocycles. The van der Waals surface area contributed by atoms with Crippen molar-refractivity contribution in [3.63, 3.8) is 0 Å². The normalized spacial score (nSPS) is 18.7. The summed E-state index contributed by atoms with van der Waals surface area (Å²) in [6.45, 7) is -0.879. The number of alkyl halides is 5. The fourth-order valence-electron chi connectivity index (χ4n) is 5.96. The number of hydrogen-bond donors (Lipinski definition) is 2. The molecule has 7 nitrogen and oxygen atoms in total. The number of carbonyl (C=O) groups excluding carboxylic acids is 2. The second-order valence-electron chi connectivity index (χ2n) is 10.9. The summed E-state index contributed by atoms with van der Waals surface area (Å²) in [5, 5.41) is 5.93. The molecule has 15 heteroatoms. The van der Waals surface area contributed by atoms with E-state index in [4.69, 9.17) is 5.73 Å². The molecule has 2 heterocycles. The molecule has 0 spiro atoms. The highest BCUT2D eigenvalue weighted by atomic mass is 19.4. The van der Waals surface area contributed by atoms with E-state index in [9.17, 15) is 44.7 Å². The molecule has 45 heavy (non-hydrogen) atoms. The van der Waals surface area contributed by atoms with Crippen molar-refractivity contribution in [2.75, 3.05) is 0 Å². The molecule has 0 bridgehead atoms. The number of primary amides is 1. The van der Waals surface area contributed by atoms with Crippen LogP contribution >= 0.6 is 0 Å². The second-order valence-corrected chi connectivity index (χ2v) is 10.9. The topological polar surface area (TPSA) is 103 Å². The smallest absolute Gasteiger partial charge is 0.366 e. The van der Waals surface area contributed by atoms with E-state index in [1.165, 1.54) is 24.4 Å². The third kappa shape index (κ3) is 5.51. The molecule has 6 rings (SSSR count). The molecule has 2 aliphatic carbocycles. The number of nitrogens with two attached hydrogens (primary N) is 1. The van der Waals surface area contributed by atoms with Gasteiger partial charge in [0.05, 0.1) is 28.6 Å². The molecule has 3 unspecified atom stereocenters. The van der Waals surface area contributed by atoms with E-state index in [-0.39, 0.29) is 40.9 Å². The van der Waals surface area contributed by atoms with Gasteiger partial charge in [-0.3, -0.25) is 19.3 Å². The highest BCUT2D eigenvalue weighted by molar-refractivity contribution is 5.94. The van der Waals surface area contributed by atoms with Crippen LogP contribution in [-0.2, 0) is 29.9 Å². The highest BCUT2D eigenvalue weighted by Gasteiger charge is 2.68. The Kier molecular flexibility index (Phi) is 7.16. The fraction of sp³-hybridized carbons (Fsp3) is 0.267. The van der Waals surface area contributed by atoms with Crippen LogP contribution in [0.4, 0.5) is 35.1 Å². The van der Waals surface area contributed by atoms with Crippen LogP contribution in [0.15, 0.2) is 54.7 Å². The molecule has 0 radical (unpaired) electrons. The number of aromatic nitrogens is 3. The van der Waals surface area contributed by atoms with Crippen molar-refractivity contribution in [1.82, 2.24) is 20.1 Å². The van der Waals surface area contributed by atoms with Gasteiger partial charge in [-0.05, 0) is 54.3 Å². The Morgan fingerprint density at radius 2 is 1.78 bits per heavy atom. The van der Waals surface area contributed by atoms with E-state index in [2.05, 4.69) is 15.4 Å². The van der Waals surface area contributed by atoms with E-state index in [0.29, 0.717) is 10.7 Å². The first-order valence-corrected chi connectivity index (χ1v) is 13.5. The van der Waals surface area contributed by atoms with Gasteiger partial charge in [0, 0.05) is 29.7 Å². The summed E-state index contributed by atoms with van der Waals surface area (Å²) < 4.78 is 114. The summed E-state index contributed by atoms with van der Waals surface area (Å²) in [6.07, 6.45) is -4.21. The molecular weight excluding hydrogens is 614 g/mol. The molecule has 3 N–H and O–H groups in total. The molecule has 2 aromatic carbocycles. The average Bonchev–Trinajstić information content (AvgIpc) is 3.60. The lowest BCUT2D eigenvalue weighted by atomic mass is 9.94. The Balaban J connectivity index is 1.38. The van der Waals surface area contributed by atoms with Crippen LogP contribution in [0.2, 0.25) is 0 Å². The van der Waals surface area contributed by atoms with Crippen molar-refractivity contribution in [2.24, 2.45) is 11.7 Å². The van der Waals surface area contributed by atoms with Gasteiger partial charge in [0.2, 0.25) is 5.91 Å². The van der Waals surface area contributed by atoms with Crippen molar-refractivity contribution >= 4 is 11.8 Å². The van der Waals surface area contributed by atoms with Gasteiger partial charge in [-0.25, -0.2) is 22.0 Å². The lowest BCUT2D eigenvalue weighted by Crippen LogP contribution is -2.34. The van der Waals surface area contributed by atoms with Crippen molar-refractivity contribution in [3.05, 3.63) is 106 Å². The van der Waals surface area contributed by atoms with Crippen molar-refractivity contribution in [1.29, 1.82) is 0 Å². The van der Waals surface area contributed by atoms with Crippen LogP contribution in [0.1, 0.15) is 56.9 Å². The zero-order valence-corrected chi connectivity index (χ0v) is 22.8. The first-order valence-electron chi connectivity index (χ1n) is 13.5. The minimum absolute atomic E-state index is 0.0549. The maximum atomic E-state index is 14.8. The van der Waals surface area contributed by atoms with E-state index in [1.54, 1.807) is 0 Å². The van der Waals surface area contributed by atoms with E-state index in [0.717, 1.165) is 24.3 Å². The van der Waals surface area contributed by atoms with Crippen molar-refractivity contribution in [2.45, 2.75) is 43.4 Å². The maximum absolute atomic E-state index is 14.8. The zero-order chi connectivity index (χ0) is 32.4. The number of amides is 2. The first kappa shape index (κ1) is 30.2. The maximum Gasteiger partial charge on any atom is 0.435 e. The lowest BCUT2D eigenvalue weighted by Gasteiger charge is -2.22. The number of benzene rings is 2. The van der Waals surface area contributed by atoms with Crippen LogP contribution in [-0.4, -0.2) is 26.6 Å². The quantitative estimate of drug-likeness (QED) is 0.240. The Labute approximate surface area is 249 Å². The van der Waals surface area contributed by atoms with Crippen LogP contribution in [0.25, 0.3) is 11.1 Å². The van der Waals surface area contributed by atoms with Gasteiger partial charge in [0.1, 0.15) is 24.0 Å². The fourth-order valence-corrected chi connectivity index (χ4v) is 5.96. The third-order valence-electron chi connectivity index (χ3n) is 7.90.